The highest BCUT2D eigenvalue weighted by Gasteiger charge is 2.19. The fourth-order valence-corrected chi connectivity index (χ4v) is 1.95. The number of hydrogen-bond acceptors (Lipinski definition) is 1. The zero-order valence-corrected chi connectivity index (χ0v) is 9.46. The lowest BCUT2D eigenvalue weighted by Crippen LogP contribution is -2.23. The smallest absolute Gasteiger partial charge is 0.222 e. The lowest BCUT2D eigenvalue weighted by Gasteiger charge is -2.15. The summed E-state index contributed by atoms with van der Waals surface area (Å²) in [5, 5.41) is 0. The van der Waals surface area contributed by atoms with Crippen molar-refractivity contribution in [2.24, 2.45) is 0 Å². The first-order valence-corrected chi connectivity index (χ1v) is 5.57. The Hall–Kier alpha value is -0.830. The second kappa shape index (κ2) is 4.13. The number of amides is 1. The van der Waals surface area contributed by atoms with Crippen LogP contribution in [0, 0.1) is 0 Å². The molecule has 1 fully saturated rings. The van der Waals surface area contributed by atoms with Crippen LogP contribution < -0.4 is 0 Å². The Morgan fingerprint density at radius 1 is 1.29 bits per heavy atom. The summed E-state index contributed by atoms with van der Waals surface area (Å²) in [6, 6.07) is 8.12. The second-order valence-corrected chi connectivity index (χ2v) is 4.46. The maximum atomic E-state index is 11.4. The van der Waals surface area contributed by atoms with E-state index in [-0.39, 0.29) is 5.91 Å². The molecule has 2 rings (SSSR count). The monoisotopic (exact) mass is 253 g/mol. The highest BCUT2D eigenvalue weighted by Crippen LogP contribution is 2.16. The van der Waals surface area contributed by atoms with Crippen LogP contribution in [-0.2, 0) is 11.3 Å². The van der Waals surface area contributed by atoms with Crippen molar-refractivity contribution in [2.45, 2.75) is 19.4 Å². The summed E-state index contributed by atoms with van der Waals surface area (Å²) < 4.78 is 1.08. The summed E-state index contributed by atoms with van der Waals surface area (Å²) >= 11 is 3.39. The molecule has 0 spiro atoms. The highest BCUT2D eigenvalue weighted by atomic mass is 79.9. The predicted molar refractivity (Wildman–Crippen MR) is 58.8 cm³/mol. The van der Waals surface area contributed by atoms with Crippen LogP contribution in [0.3, 0.4) is 0 Å². The van der Waals surface area contributed by atoms with Gasteiger partial charge in [-0.3, -0.25) is 4.79 Å². The second-order valence-electron chi connectivity index (χ2n) is 3.55. The van der Waals surface area contributed by atoms with Crippen LogP contribution in [0.15, 0.2) is 28.7 Å². The lowest BCUT2D eigenvalue weighted by atomic mass is 10.2. The number of rotatable bonds is 2. The third kappa shape index (κ3) is 2.15. The minimum absolute atomic E-state index is 0.285. The van der Waals surface area contributed by atoms with Gasteiger partial charge in [-0.2, -0.15) is 0 Å². The Morgan fingerprint density at radius 2 is 2.00 bits per heavy atom. The topological polar surface area (TPSA) is 20.3 Å². The first-order valence-electron chi connectivity index (χ1n) is 4.78. The molecule has 0 aliphatic carbocycles. The van der Waals surface area contributed by atoms with Crippen molar-refractivity contribution in [3.63, 3.8) is 0 Å². The van der Waals surface area contributed by atoms with Crippen LogP contribution in [-0.4, -0.2) is 17.4 Å². The van der Waals surface area contributed by atoms with Crippen LogP contribution in [0.1, 0.15) is 18.4 Å². The van der Waals surface area contributed by atoms with Crippen molar-refractivity contribution in [1.29, 1.82) is 0 Å². The van der Waals surface area contributed by atoms with Crippen LogP contribution >= 0.6 is 15.9 Å². The molecule has 1 saturated heterocycles. The summed E-state index contributed by atoms with van der Waals surface area (Å²) in [4.78, 5) is 13.3. The van der Waals surface area contributed by atoms with Crippen molar-refractivity contribution < 1.29 is 4.79 Å². The Morgan fingerprint density at radius 3 is 2.57 bits per heavy atom. The Labute approximate surface area is 92.0 Å². The van der Waals surface area contributed by atoms with Crippen molar-refractivity contribution in [1.82, 2.24) is 4.90 Å². The van der Waals surface area contributed by atoms with E-state index in [1.54, 1.807) is 0 Å². The Balaban J connectivity index is 2.03. The fraction of sp³-hybridized carbons (Fsp3) is 0.364. The standard InChI is InChI=1S/C11H12BrNO/c12-10-5-3-9(4-6-10)8-13-7-1-2-11(13)14/h3-6H,1-2,7-8H2. The number of hydrogen-bond donors (Lipinski definition) is 0. The molecule has 1 aliphatic heterocycles. The van der Waals surface area contributed by atoms with E-state index in [2.05, 4.69) is 28.1 Å². The van der Waals surface area contributed by atoms with E-state index in [1.807, 2.05) is 17.0 Å². The maximum absolute atomic E-state index is 11.4. The molecule has 0 unspecified atom stereocenters. The first-order chi connectivity index (χ1) is 6.75. The molecule has 74 valence electrons. The molecule has 0 bridgehead atoms. The quantitative estimate of drug-likeness (QED) is 0.794. The van der Waals surface area contributed by atoms with Crippen LogP contribution in [0.5, 0.6) is 0 Å². The van der Waals surface area contributed by atoms with E-state index in [4.69, 9.17) is 0 Å². The van der Waals surface area contributed by atoms with Crippen LogP contribution in [0.2, 0.25) is 0 Å². The van der Waals surface area contributed by atoms with Gasteiger partial charge in [-0.15, -0.1) is 0 Å². The van der Waals surface area contributed by atoms with Gasteiger partial charge in [0.2, 0.25) is 5.91 Å². The molecule has 1 heterocycles. The lowest BCUT2D eigenvalue weighted by molar-refractivity contribution is -0.128. The molecule has 2 nitrogen and oxygen atoms in total. The zero-order chi connectivity index (χ0) is 9.97. The molecular weight excluding hydrogens is 242 g/mol. The molecule has 14 heavy (non-hydrogen) atoms. The number of nitrogens with zero attached hydrogens (tertiary/aromatic N) is 1. The molecule has 1 aliphatic rings. The molecule has 0 aromatic heterocycles. The summed E-state index contributed by atoms with van der Waals surface area (Å²) in [5.74, 6) is 0.285. The van der Waals surface area contributed by atoms with Crippen molar-refractivity contribution in [3.05, 3.63) is 34.3 Å². The number of benzene rings is 1. The number of carbonyl (C=O) groups excluding carboxylic acids is 1. The molecule has 1 aromatic rings. The summed E-state index contributed by atoms with van der Waals surface area (Å²) in [6.45, 7) is 1.67. The van der Waals surface area contributed by atoms with Gasteiger partial charge < -0.3 is 4.90 Å². The molecule has 1 amide bonds. The van der Waals surface area contributed by atoms with E-state index in [0.29, 0.717) is 0 Å². The van der Waals surface area contributed by atoms with Crippen LogP contribution in [0.25, 0.3) is 0 Å². The molecule has 0 atom stereocenters. The summed E-state index contributed by atoms with van der Waals surface area (Å²) in [6.07, 6.45) is 1.73. The van der Waals surface area contributed by atoms with E-state index in [1.165, 1.54) is 5.56 Å². The number of halogens is 1. The normalized spacial score (nSPS) is 16.4. The van der Waals surface area contributed by atoms with Gasteiger partial charge in [0, 0.05) is 24.0 Å². The van der Waals surface area contributed by atoms with Gasteiger partial charge in [-0.25, -0.2) is 0 Å². The minimum atomic E-state index is 0.285. The van der Waals surface area contributed by atoms with Gasteiger partial charge >= 0.3 is 0 Å². The number of carbonyl (C=O) groups is 1. The predicted octanol–water partition coefficient (Wildman–Crippen LogP) is 2.57. The molecule has 1 aromatic carbocycles. The van der Waals surface area contributed by atoms with E-state index in [0.717, 1.165) is 30.4 Å². The van der Waals surface area contributed by atoms with Crippen LogP contribution in [0.4, 0.5) is 0 Å². The van der Waals surface area contributed by atoms with Gasteiger partial charge in [0.25, 0.3) is 0 Å². The van der Waals surface area contributed by atoms with E-state index in [9.17, 15) is 4.79 Å². The van der Waals surface area contributed by atoms with E-state index < -0.39 is 0 Å². The first kappa shape index (κ1) is 9.71. The summed E-state index contributed by atoms with van der Waals surface area (Å²) in [5.41, 5.74) is 1.20. The van der Waals surface area contributed by atoms with Crippen molar-refractivity contribution in [2.75, 3.05) is 6.54 Å². The third-order valence-electron chi connectivity index (χ3n) is 2.46. The third-order valence-corrected chi connectivity index (χ3v) is 2.99. The molecule has 0 saturated carbocycles. The number of likely N-dealkylation sites (tertiary alicyclic amines) is 1. The van der Waals surface area contributed by atoms with Crippen molar-refractivity contribution >= 4 is 21.8 Å². The molecule has 0 N–H and O–H groups in total. The van der Waals surface area contributed by atoms with Gasteiger partial charge in [0.05, 0.1) is 0 Å². The summed E-state index contributed by atoms with van der Waals surface area (Å²) in [7, 11) is 0. The Bertz CT molecular complexity index is 334. The maximum Gasteiger partial charge on any atom is 0.222 e. The van der Waals surface area contributed by atoms with E-state index >= 15 is 0 Å². The molecular formula is C11H12BrNO. The van der Waals surface area contributed by atoms with Gasteiger partial charge in [0.1, 0.15) is 0 Å². The highest BCUT2D eigenvalue weighted by molar-refractivity contribution is 9.10. The van der Waals surface area contributed by atoms with Crippen molar-refractivity contribution in [3.8, 4) is 0 Å². The largest absolute Gasteiger partial charge is 0.338 e. The molecule has 3 heteroatoms. The van der Waals surface area contributed by atoms with Gasteiger partial charge in [-0.05, 0) is 24.1 Å². The average molecular weight is 254 g/mol. The fourth-order valence-electron chi connectivity index (χ4n) is 1.68. The molecule has 0 radical (unpaired) electrons. The average Bonchev–Trinajstić information content (AvgIpc) is 2.56. The Kier molecular flexibility index (Phi) is 2.87. The minimum Gasteiger partial charge on any atom is -0.338 e. The van der Waals surface area contributed by atoms with Gasteiger partial charge in [0.15, 0.2) is 0 Å². The van der Waals surface area contributed by atoms with Gasteiger partial charge in [-0.1, -0.05) is 28.1 Å². The SMILES string of the molecule is O=C1CCCN1Cc1ccc(Br)cc1. The zero-order valence-electron chi connectivity index (χ0n) is 7.87.